The van der Waals surface area contributed by atoms with Crippen LogP contribution in [0.5, 0.6) is 5.75 Å². The molecule has 28 nitrogen and oxygen atoms in total. The van der Waals surface area contributed by atoms with Crippen LogP contribution in [0.4, 0.5) is 0 Å². The molecule has 0 bridgehead atoms. The summed E-state index contributed by atoms with van der Waals surface area (Å²) < 4.78 is 0. The fourth-order valence-corrected chi connectivity index (χ4v) is 9.93. The lowest BCUT2D eigenvalue weighted by molar-refractivity contribution is -0.142. The van der Waals surface area contributed by atoms with Gasteiger partial charge in [0.05, 0.1) is 13.0 Å². The molecule has 426 valence electrons. The third-order valence-electron chi connectivity index (χ3n) is 11.5. The van der Waals surface area contributed by atoms with Gasteiger partial charge >= 0.3 is 0 Å². The van der Waals surface area contributed by atoms with Crippen LogP contribution in [0.25, 0.3) is 0 Å². The zero-order valence-electron chi connectivity index (χ0n) is 42.7. The van der Waals surface area contributed by atoms with E-state index in [4.69, 9.17) is 38.6 Å². The molecule has 0 spiro atoms. The number of nitrogens with zero attached hydrogens (tertiary/aromatic N) is 2. The molecule has 2 heterocycles. The first-order chi connectivity index (χ1) is 36.9. The Morgan fingerprint density at radius 3 is 1.92 bits per heavy atom. The van der Waals surface area contributed by atoms with Crippen LogP contribution in [0.15, 0.2) is 59.6 Å². The van der Waals surface area contributed by atoms with E-state index in [0.29, 0.717) is 17.5 Å². The molecule has 78 heavy (non-hydrogen) atoms. The van der Waals surface area contributed by atoms with Crippen molar-refractivity contribution in [2.24, 2.45) is 33.7 Å². The van der Waals surface area contributed by atoms with E-state index in [1.54, 1.807) is 42.5 Å². The van der Waals surface area contributed by atoms with Crippen molar-refractivity contribution >= 4 is 98.5 Å². The number of carboxylic acids is 1. The lowest BCUT2D eigenvalue weighted by atomic mass is 10.0. The van der Waals surface area contributed by atoms with Crippen LogP contribution in [0, 0.1) is 0 Å². The summed E-state index contributed by atoms with van der Waals surface area (Å²) >= 11 is 0. The number of likely N-dealkylation sites (tertiary alicyclic amines) is 1. The molecular weight excluding hydrogens is 1060 g/mol. The molecule has 2 aromatic carbocycles. The average molecular weight is 1130 g/mol. The molecule has 0 saturated carbocycles. The summed E-state index contributed by atoms with van der Waals surface area (Å²) in [6.45, 7) is 0.682. The van der Waals surface area contributed by atoms with Gasteiger partial charge in [-0.1, -0.05) is 64.1 Å². The molecule has 11 amide bonds. The molecule has 19 N–H and O–H groups in total. The van der Waals surface area contributed by atoms with Crippen LogP contribution in [0.1, 0.15) is 69.4 Å². The van der Waals surface area contributed by atoms with E-state index in [0.717, 1.165) is 28.5 Å². The van der Waals surface area contributed by atoms with Crippen LogP contribution < -0.4 is 65.9 Å². The monoisotopic (exact) mass is 1130 g/mol. The maximum atomic E-state index is 14.6. The maximum absolute atomic E-state index is 14.6. The molecule has 0 radical (unpaired) electrons. The SMILES string of the molecule is CC(=O)O.NC(=O)CC[C@H]1NC(=O)[C@@H](Cc2ccccc2)NC(=O)[C@@H](Cc2ccc(O)cc2)NC(=O)CCSSC[C@@H](C(=O)N2CCC[C@@H]2C(=O)N[C@@H](CCCN=C(N)N)C(=O)NCC(N)=O)NC(=O)[C@@H](CC(N)=O)NC1=O. The highest BCUT2D eigenvalue weighted by molar-refractivity contribution is 8.76. The lowest BCUT2D eigenvalue weighted by Gasteiger charge is -2.31. The maximum Gasteiger partial charge on any atom is 0.300 e. The fraction of sp³-hybridized carbons (Fsp3) is 0.479. The zero-order chi connectivity index (χ0) is 57.9. The number of nitrogens with two attached hydrogens (primary N) is 5. The molecule has 2 aliphatic heterocycles. The minimum absolute atomic E-state index is 0.0128. The number of hydrogen-bond acceptors (Lipinski definition) is 16. The van der Waals surface area contributed by atoms with Gasteiger partial charge in [0.1, 0.15) is 48.0 Å². The Kier molecular flexibility index (Phi) is 27.2. The van der Waals surface area contributed by atoms with Gasteiger partial charge in [-0.25, -0.2) is 0 Å². The van der Waals surface area contributed by atoms with E-state index in [9.17, 15) is 57.8 Å². The molecule has 7 atom stereocenters. The van der Waals surface area contributed by atoms with Crippen molar-refractivity contribution in [3.8, 4) is 5.75 Å². The summed E-state index contributed by atoms with van der Waals surface area (Å²) in [5, 5.41) is 35.2. The topological polar surface area (TPSA) is 475 Å². The molecule has 0 unspecified atom stereocenters. The Hall–Kier alpha value is -8.15. The van der Waals surface area contributed by atoms with E-state index in [2.05, 4.69) is 42.2 Å². The Balaban J connectivity index is 0.00000386. The quantitative estimate of drug-likeness (QED) is 0.0274. The number of amides is 11. The number of phenols is 1. The van der Waals surface area contributed by atoms with E-state index < -0.39 is 139 Å². The van der Waals surface area contributed by atoms with Gasteiger partial charge in [0.25, 0.3) is 5.97 Å². The Morgan fingerprint density at radius 1 is 0.744 bits per heavy atom. The zero-order valence-corrected chi connectivity index (χ0v) is 44.4. The van der Waals surface area contributed by atoms with Crippen molar-refractivity contribution in [1.82, 2.24) is 42.1 Å². The summed E-state index contributed by atoms with van der Waals surface area (Å²) in [6.07, 6.45) is -1.34. The molecule has 0 aliphatic carbocycles. The van der Waals surface area contributed by atoms with E-state index in [1.807, 2.05) is 0 Å². The van der Waals surface area contributed by atoms with Gasteiger partial charge in [-0.3, -0.25) is 62.5 Å². The number of primary amides is 3. The second-order valence-electron chi connectivity index (χ2n) is 17.9. The van der Waals surface area contributed by atoms with Crippen molar-refractivity contribution in [2.75, 3.05) is 31.1 Å². The highest BCUT2D eigenvalue weighted by atomic mass is 33.1. The number of rotatable bonds is 19. The molecule has 2 aromatic rings. The Bertz CT molecular complexity index is 2480. The van der Waals surface area contributed by atoms with Crippen molar-refractivity contribution in [2.45, 2.75) is 113 Å². The normalized spacial score (nSPS) is 20.9. The second-order valence-corrected chi connectivity index (χ2v) is 20.5. The van der Waals surface area contributed by atoms with Gasteiger partial charge in [0.15, 0.2) is 5.96 Å². The lowest BCUT2D eigenvalue weighted by Crippen LogP contribution is -2.61. The molecule has 2 saturated heterocycles. The smallest absolute Gasteiger partial charge is 0.300 e. The third kappa shape index (κ3) is 23.8. The van der Waals surface area contributed by atoms with Crippen molar-refractivity contribution in [3.63, 3.8) is 0 Å². The Labute approximate surface area is 456 Å². The molecule has 2 aliphatic rings. The van der Waals surface area contributed by atoms with Crippen LogP contribution >= 0.6 is 21.6 Å². The van der Waals surface area contributed by atoms with Gasteiger partial charge in [-0.2, -0.15) is 0 Å². The molecule has 0 aromatic heterocycles. The van der Waals surface area contributed by atoms with E-state index >= 15 is 0 Å². The standard InChI is InChI=1S/C46H64N14O12S2.C2H4O2/c47-35(62)15-14-29-40(67)58-32(22-36(48)63)43(70)59-33(45(72)60-18-5-9-34(60)44(71)56-28(8-4-17-52-46(50)51)39(66)53-23-37(49)64)24-74-73-19-16-38(65)54-30(21-26-10-12-27(61)13-11-26)41(68)57-31(42(69)55-29)20-25-6-2-1-3-7-25;1-2(3)4/h1-3,6-7,10-13,28-34,61H,4-5,8-9,14-24H2,(H2,47,62)(H2,48,63)(H2,49,64)(H,53,66)(H,54,65)(H,55,69)(H,56,71)(H,57,68)(H,58,67)(H,59,70)(H4,50,51,52);1H3,(H,3,4)/t28-,29+,30+,31+,32+,33-,34+;/m0./s1. The molecule has 4 rings (SSSR count). The van der Waals surface area contributed by atoms with Crippen LogP contribution in [-0.2, 0) is 70.4 Å². The van der Waals surface area contributed by atoms with Crippen LogP contribution in [0.3, 0.4) is 0 Å². The summed E-state index contributed by atoms with van der Waals surface area (Å²) in [6, 6.07) is 4.52. The molecule has 2 fully saturated rings. The van der Waals surface area contributed by atoms with Gasteiger partial charge in [0.2, 0.25) is 65.0 Å². The van der Waals surface area contributed by atoms with E-state index in [-0.39, 0.29) is 74.8 Å². The highest BCUT2D eigenvalue weighted by Gasteiger charge is 2.40. The number of carbonyl (C=O) groups excluding carboxylic acids is 11. The summed E-state index contributed by atoms with van der Waals surface area (Å²) in [5.74, 6) is -10.6. The highest BCUT2D eigenvalue weighted by Crippen LogP contribution is 2.26. The van der Waals surface area contributed by atoms with Gasteiger partial charge in [0, 0.05) is 57.2 Å². The number of carbonyl (C=O) groups is 12. The van der Waals surface area contributed by atoms with Gasteiger partial charge in [-0.15, -0.1) is 0 Å². The number of nitrogens with one attached hydrogen (secondary N) is 7. The minimum atomic E-state index is -1.77. The predicted molar refractivity (Wildman–Crippen MR) is 285 cm³/mol. The number of aliphatic imine (C=N–C) groups is 1. The number of benzene rings is 2. The summed E-state index contributed by atoms with van der Waals surface area (Å²) in [5.41, 5.74) is 28.1. The predicted octanol–water partition coefficient (Wildman–Crippen LogP) is -4.25. The summed E-state index contributed by atoms with van der Waals surface area (Å²) in [4.78, 5) is 162. The van der Waals surface area contributed by atoms with Crippen molar-refractivity contribution in [1.29, 1.82) is 0 Å². The van der Waals surface area contributed by atoms with Crippen LogP contribution in [-0.4, -0.2) is 165 Å². The van der Waals surface area contributed by atoms with Gasteiger partial charge in [-0.05, 0) is 55.4 Å². The van der Waals surface area contributed by atoms with E-state index in [1.165, 1.54) is 17.0 Å². The fourth-order valence-electron chi connectivity index (χ4n) is 7.78. The van der Waals surface area contributed by atoms with Gasteiger partial charge < -0.3 is 81.0 Å². The number of aromatic hydroxyl groups is 1. The average Bonchev–Trinajstić information content (AvgIpc) is 3.89. The summed E-state index contributed by atoms with van der Waals surface area (Å²) in [7, 11) is 2.19. The van der Waals surface area contributed by atoms with Crippen molar-refractivity contribution in [3.05, 3.63) is 65.7 Å². The number of hydrogen-bond donors (Lipinski definition) is 14. The number of phenolic OH excluding ortho intramolecular Hbond substituents is 1. The minimum Gasteiger partial charge on any atom is -0.508 e. The molecule has 30 heteroatoms. The first-order valence-electron chi connectivity index (χ1n) is 24.5. The largest absolute Gasteiger partial charge is 0.508 e. The first-order valence-corrected chi connectivity index (χ1v) is 27.0. The first kappa shape index (κ1) is 64.1. The number of carboxylic acid groups (broad SMARTS) is 1. The van der Waals surface area contributed by atoms with Crippen molar-refractivity contribution < 1.29 is 67.7 Å². The number of guanidine groups is 1. The number of aliphatic carboxylic acids is 1. The molecular formula is C48H68N14O14S2. The van der Waals surface area contributed by atoms with Crippen LogP contribution in [0.2, 0.25) is 0 Å². The second kappa shape index (κ2) is 33.1. The third-order valence-corrected chi connectivity index (χ3v) is 13.9. The Morgan fingerprint density at radius 2 is 1.32 bits per heavy atom.